The summed E-state index contributed by atoms with van der Waals surface area (Å²) in [6.45, 7) is 5.71. The number of rotatable bonds is 10. The zero-order valence-electron chi connectivity index (χ0n) is 19.7. The molecule has 1 aromatic carbocycles. The van der Waals surface area contributed by atoms with Crippen LogP contribution >= 0.6 is 0 Å². The van der Waals surface area contributed by atoms with Crippen molar-refractivity contribution in [2.75, 3.05) is 24.7 Å². The molecule has 0 radical (unpaired) electrons. The van der Waals surface area contributed by atoms with Crippen molar-refractivity contribution in [2.45, 2.75) is 57.0 Å². The van der Waals surface area contributed by atoms with Crippen LogP contribution in [0.25, 0.3) is 0 Å². The predicted octanol–water partition coefficient (Wildman–Crippen LogP) is 2.13. The average Bonchev–Trinajstić information content (AvgIpc) is 3.41. The minimum Gasteiger partial charge on any atom is -0.493 e. The van der Waals surface area contributed by atoms with Crippen LogP contribution in [0.15, 0.2) is 34.0 Å². The van der Waals surface area contributed by atoms with E-state index >= 15 is 0 Å². The van der Waals surface area contributed by atoms with Crippen LogP contribution in [0.5, 0.6) is 5.75 Å². The summed E-state index contributed by atoms with van der Waals surface area (Å²) in [4.78, 5) is 12.5. The molecule has 0 bridgehead atoms. The zero-order chi connectivity index (χ0) is 24.7. The Balaban J connectivity index is 1.59. The molecular weight excluding hydrogens is 480 g/mol. The first-order chi connectivity index (χ1) is 16.0. The van der Waals surface area contributed by atoms with E-state index in [4.69, 9.17) is 4.74 Å². The fourth-order valence-corrected chi connectivity index (χ4v) is 6.97. The normalized spacial score (nSPS) is 21.9. The third-order valence-electron chi connectivity index (χ3n) is 6.67. The van der Waals surface area contributed by atoms with Gasteiger partial charge in [-0.3, -0.25) is 4.57 Å². The monoisotopic (exact) mass is 512 g/mol. The molecular formula is C22H32N4O6S2. The molecule has 188 valence electrons. The summed E-state index contributed by atoms with van der Waals surface area (Å²) < 4.78 is 59.1. The summed E-state index contributed by atoms with van der Waals surface area (Å²) in [6, 6.07) is 5.36. The Bertz CT molecular complexity index is 1280. The summed E-state index contributed by atoms with van der Waals surface area (Å²) in [7, 11) is -7.00. The molecule has 1 aliphatic carbocycles. The number of sulfone groups is 1. The molecule has 2 fully saturated rings. The maximum absolute atomic E-state index is 13.7. The first-order valence-corrected chi connectivity index (χ1v) is 14.9. The van der Waals surface area contributed by atoms with Gasteiger partial charge in [-0.1, -0.05) is 6.92 Å². The molecule has 2 heterocycles. The van der Waals surface area contributed by atoms with Crippen LogP contribution in [0.1, 0.15) is 57.9 Å². The minimum atomic E-state index is -3.86. The van der Waals surface area contributed by atoms with Gasteiger partial charge in [0.25, 0.3) is 0 Å². The van der Waals surface area contributed by atoms with Crippen molar-refractivity contribution in [3.8, 4) is 5.75 Å². The highest BCUT2D eigenvalue weighted by molar-refractivity contribution is 7.91. The topological polar surface area (TPSA) is 131 Å². The van der Waals surface area contributed by atoms with E-state index in [-0.39, 0.29) is 40.7 Å². The SMILES string of the molecule is CCS(=O)(=O)CCOc1ccc(S(=O)(=O)N2CCC(C3CC3)C2c2n[nH]c(=O)n2C(C)C)cc1. The molecule has 1 aliphatic heterocycles. The van der Waals surface area contributed by atoms with Crippen molar-refractivity contribution in [3.05, 3.63) is 40.6 Å². The highest BCUT2D eigenvalue weighted by Gasteiger charge is 2.50. The number of nitrogens with zero attached hydrogens (tertiary/aromatic N) is 3. The van der Waals surface area contributed by atoms with Gasteiger partial charge in [-0.2, -0.15) is 9.40 Å². The van der Waals surface area contributed by atoms with E-state index in [0.717, 1.165) is 19.3 Å². The van der Waals surface area contributed by atoms with Crippen LogP contribution in [-0.4, -0.2) is 60.6 Å². The van der Waals surface area contributed by atoms with Crippen LogP contribution in [-0.2, 0) is 19.9 Å². The van der Waals surface area contributed by atoms with Gasteiger partial charge < -0.3 is 4.74 Å². The summed E-state index contributed by atoms with van der Waals surface area (Å²) in [5, 5.41) is 6.77. The quantitative estimate of drug-likeness (QED) is 0.516. The maximum Gasteiger partial charge on any atom is 0.343 e. The lowest BCUT2D eigenvalue weighted by Crippen LogP contribution is -2.35. The number of hydrogen-bond acceptors (Lipinski definition) is 7. The standard InChI is InChI=1S/C22H32N4O6S2/c1-4-33(28,29)14-13-32-17-7-9-18(10-8-17)34(30,31)25-12-11-19(16-5-6-16)20(25)21-23-24-22(27)26(21)15(2)3/h7-10,15-16,19-20H,4-6,11-14H2,1-3H3,(H,24,27). The first-order valence-electron chi connectivity index (χ1n) is 11.7. The molecule has 0 amide bonds. The smallest absolute Gasteiger partial charge is 0.343 e. The summed E-state index contributed by atoms with van der Waals surface area (Å²) in [5.41, 5.74) is -0.338. The summed E-state index contributed by atoms with van der Waals surface area (Å²) in [6.07, 6.45) is 2.84. The molecule has 2 unspecified atom stereocenters. The molecule has 2 aliphatic rings. The van der Waals surface area contributed by atoms with E-state index < -0.39 is 25.9 Å². The minimum absolute atomic E-state index is 0.00538. The molecule has 2 atom stereocenters. The number of H-pyrrole nitrogens is 1. The number of aromatic amines is 1. The van der Waals surface area contributed by atoms with Crippen molar-refractivity contribution < 1.29 is 21.6 Å². The lowest BCUT2D eigenvalue weighted by molar-refractivity contribution is 0.294. The van der Waals surface area contributed by atoms with Gasteiger partial charge in [0.1, 0.15) is 12.4 Å². The molecule has 12 heteroatoms. The highest BCUT2D eigenvalue weighted by Crippen LogP contribution is 2.51. The number of benzene rings is 1. The lowest BCUT2D eigenvalue weighted by atomic mass is 9.94. The van der Waals surface area contributed by atoms with E-state index in [1.165, 1.54) is 28.6 Å². The number of sulfonamides is 1. The summed E-state index contributed by atoms with van der Waals surface area (Å²) in [5.74, 6) is 1.38. The van der Waals surface area contributed by atoms with Gasteiger partial charge in [-0.25, -0.2) is 26.7 Å². The largest absolute Gasteiger partial charge is 0.493 e. The Kier molecular flexibility index (Phi) is 6.94. The third kappa shape index (κ3) is 4.94. The second kappa shape index (κ2) is 9.46. The maximum atomic E-state index is 13.7. The number of nitrogens with one attached hydrogen (secondary N) is 1. The molecule has 0 spiro atoms. The molecule has 10 nitrogen and oxygen atoms in total. The van der Waals surface area contributed by atoms with Crippen LogP contribution in [0.3, 0.4) is 0 Å². The molecule has 1 N–H and O–H groups in total. The number of ether oxygens (including phenoxy) is 1. The van der Waals surface area contributed by atoms with Gasteiger partial charge in [0.15, 0.2) is 15.7 Å². The number of hydrogen-bond donors (Lipinski definition) is 1. The van der Waals surface area contributed by atoms with Gasteiger partial charge in [0.05, 0.1) is 16.7 Å². The Morgan fingerprint density at radius 1 is 1.12 bits per heavy atom. The van der Waals surface area contributed by atoms with E-state index in [1.54, 1.807) is 11.5 Å². The third-order valence-corrected chi connectivity index (χ3v) is 10.2. The molecule has 4 rings (SSSR count). The second-order valence-corrected chi connectivity index (χ2v) is 13.6. The van der Waals surface area contributed by atoms with Gasteiger partial charge in [-0.15, -0.1) is 0 Å². The van der Waals surface area contributed by atoms with E-state index in [0.29, 0.717) is 24.0 Å². The lowest BCUT2D eigenvalue weighted by Gasteiger charge is -2.28. The van der Waals surface area contributed by atoms with Gasteiger partial charge >= 0.3 is 5.69 Å². The van der Waals surface area contributed by atoms with Crippen LogP contribution < -0.4 is 10.4 Å². The van der Waals surface area contributed by atoms with Crippen LogP contribution in [0.2, 0.25) is 0 Å². The van der Waals surface area contributed by atoms with Gasteiger partial charge in [-0.05, 0) is 69.2 Å². The predicted molar refractivity (Wildman–Crippen MR) is 127 cm³/mol. The fourth-order valence-electron chi connectivity index (χ4n) is 4.69. The fraction of sp³-hybridized carbons (Fsp3) is 0.636. The summed E-state index contributed by atoms with van der Waals surface area (Å²) >= 11 is 0. The van der Waals surface area contributed by atoms with E-state index in [2.05, 4.69) is 10.2 Å². The molecule has 1 saturated carbocycles. The molecule has 34 heavy (non-hydrogen) atoms. The first kappa shape index (κ1) is 24.9. The van der Waals surface area contributed by atoms with Gasteiger partial charge in [0, 0.05) is 18.3 Å². The van der Waals surface area contributed by atoms with Crippen LogP contribution in [0.4, 0.5) is 0 Å². The molecule has 1 aromatic heterocycles. The molecule has 1 saturated heterocycles. The highest BCUT2D eigenvalue weighted by atomic mass is 32.2. The number of aromatic nitrogens is 3. The van der Waals surface area contributed by atoms with Gasteiger partial charge in [0.2, 0.25) is 10.0 Å². The van der Waals surface area contributed by atoms with Crippen LogP contribution in [0, 0.1) is 11.8 Å². The second-order valence-electron chi connectivity index (χ2n) is 9.26. The zero-order valence-corrected chi connectivity index (χ0v) is 21.3. The van der Waals surface area contributed by atoms with Crippen molar-refractivity contribution >= 4 is 19.9 Å². The Labute approximate surface area is 200 Å². The Morgan fingerprint density at radius 3 is 2.38 bits per heavy atom. The van der Waals surface area contributed by atoms with E-state index in [9.17, 15) is 21.6 Å². The van der Waals surface area contributed by atoms with Crippen molar-refractivity contribution in [3.63, 3.8) is 0 Å². The van der Waals surface area contributed by atoms with Crippen molar-refractivity contribution in [1.82, 2.24) is 19.1 Å². The Hall–Kier alpha value is -2.18. The Morgan fingerprint density at radius 2 is 1.79 bits per heavy atom. The average molecular weight is 513 g/mol. The molecule has 2 aromatic rings. The van der Waals surface area contributed by atoms with Crippen molar-refractivity contribution in [1.29, 1.82) is 0 Å². The van der Waals surface area contributed by atoms with E-state index in [1.807, 2.05) is 13.8 Å². The van der Waals surface area contributed by atoms with Crippen molar-refractivity contribution in [2.24, 2.45) is 11.8 Å².